The fraction of sp³-hybridized carbons (Fsp3) is 0.588. The number of rotatable bonds is 6. The monoisotopic (exact) mass is 303 g/mol. The molecule has 0 fully saturated rings. The summed E-state index contributed by atoms with van der Waals surface area (Å²) in [6.07, 6.45) is 9.05. The summed E-state index contributed by atoms with van der Waals surface area (Å²) in [5.41, 5.74) is 1.56. The topological polar surface area (TPSA) is 29.9 Å². The second-order valence-corrected chi connectivity index (χ2v) is 6.81. The highest BCUT2D eigenvalue weighted by atomic mass is 32.1. The molecule has 2 aromatic heterocycles. The van der Waals surface area contributed by atoms with Gasteiger partial charge in [0.1, 0.15) is 5.82 Å². The molecule has 0 saturated heterocycles. The van der Waals surface area contributed by atoms with Crippen molar-refractivity contribution in [1.82, 2.24) is 14.9 Å². The first-order valence-corrected chi connectivity index (χ1v) is 9.03. The number of nitrogens with one attached hydrogen (secondary N) is 1. The molecular formula is C17H25N3S. The Bertz CT molecular complexity index is 572. The minimum atomic E-state index is 0.338. The summed E-state index contributed by atoms with van der Waals surface area (Å²) < 4.78 is 2.33. The molecule has 4 heteroatoms. The number of nitrogens with zero attached hydrogens (tertiary/aromatic N) is 2. The molecular weight excluding hydrogens is 278 g/mol. The second kappa shape index (κ2) is 6.75. The maximum absolute atomic E-state index is 4.69. The number of aryl methyl sites for hydroxylation is 2. The van der Waals surface area contributed by atoms with E-state index in [1.54, 1.807) is 10.4 Å². The predicted octanol–water partition coefficient (Wildman–Crippen LogP) is 4.13. The largest absolute Gasteiger partial charge is 0.334 e. The summed E-state index contributed by atoms with van der Waals surface area (Å²) in [5, 5.41) is 5.96. The van der Waals surface area contributed by atoms with Gasteiger partial charge in [0.15, 0.2) is 0 Å². The SMILES string of the molecule is CCCn1ccnc1C(NCC)C1CCCc2sccc21. The number of hydrogen-bond acceptors (Lipinski definition) is 3. The molecule has 0 aromatic carbocycles. The summed E-state index contributed by atoms with van der Waals surface area (Å²) in [4.78, 5) is 6.28. The van der Waals surface area contributed by atoms with E-state index in [2.05, 4.69) is 41.4 Å². The van der Waals surface area contributed by atoms with Gasteiger partial charge in [-0.15, -0.1) is 11.3 Å². The van der Waals surface area contributed by atoms with E-state index in [-0.39, 0.29) is 0 Å². The molecule has 21 heavy (non-hydrogen) atoms. The van der Waals surface area contributed by atoms with Gasteiger partial charge in [-0.05, 0) is 49.2 Å². The number of imidazole rings is 1. The minimum absolute atomic E-state index is 0.338. The molecule has 2 aromatic rings. The number of aromatic nitrogens is 2. The van der Waals surface area contributed by atoms with Crippen LogP contribution in [0.25, 0.3) is 0 Å². The number of hydrogen-bond donors (Lipinski definition) is 1. The van der Waals surface area contributed by atoms with Gasteiger partial charge >= 0.3 is 0 Å². The third kappa shape index (κ3) is 2.92. The van der Waals surface area contributed by atoms with Crippen molar-refractivity contribution in [1.29, 1.82) is 0 Å². The molecule has 0 spiro atoms. The molecule has 0 aliphatic heterocycles. The van der Waals surface area contributed by atoms with Crippen LogP contribution in [0.1, 0.15) is 61.3 Å². The highest BCUT2D eigenvalue weighted by molar-refractivity contribution is 7.10. The van der Waals surface area contributed by atoms with Crippen LogP contribution in [0, 0.1) is 0 Å². The Morgan fingerprint density at radius 1 is 1.48 bits per heavy atom. The van der Waals surface area contributed by atoms with E-state index in [0.717, 1.165) is 19.5 Å². The van der Waals surface area contributed by atoms with E-state index in [4.69, 9.17) is 4.98 Å². The van der Waals surface area contributed by atoms with Crippen molar-refractivity contribution in [2.45, 2.75) is 58.0 Å². The van der Waals surface area contributed by atoms with Gasteiger partial charge in [-0.25, -0.2) is 4.98 Å². The van der Waals surface area contributed by atoms with Gasteiger partial charge in [-0.3, -0.25) is 0 Å². The van der Waals surface area contributed by atoms with Crippen LogP contribution >= 0.6 is 11.3 Å². The zero-order valence-electron chi connectivity index (χ0n) is 13.0. The first-order chi connectivity index (χ1) is 10.3. The van der Waals surface area contributed by atoms with Crippen LogP contribution in [0.4, 0.5) is 0 Å². The van der Waals surface area contributed by atoms with Gasteiger partial charge in [0, 0.05) is 29.7 Å². The molecule has 1 aliphatic rings. The summed E-state index contributed by atoms with van der Waals surface area (Å²) >= 11 is 1.92. The van der Waals surface area contributed by atoms with E-state index >= 15 is 0 Å². The van der Waals surface area contributed by atoms with E-state index in [1.165, 1.54) is 25.1 Å². The van der Waals surface area contributed by atoms with Gasteiger partial charge in [-0.1, -0.05) is 13.8 Å². The smallest absolute Gasteiger partial charge is 0.126 e. The van der Waals surface area contributed by atoms with Crippen LogP contribution in [-0.4, -0.2) is 16.1 Å². The Morgan fingerprint density at radius 2 is 2.38 bits per heavy atom. The van der Waals surface area contributed by atoms with Gasteiger partial charge in [0.05, 0.1) is 6.04 Å². The molecule has 3 rings (SSSR count). The lowest BCUT2D eigenvalue weighted by molar-refractivity contribution is 0.383. The van der Waals surface area contributed by atoms with Crippen LogP contribution in [-0.2, 0) is 13.0 Å². The Hall–Kier alpha value is -1.13. The average molecular weight is 303 g/mol. The minimum Gasteiger partial charge on any atom is -0.334 e. The van der Waals surface area contributed by atoms with Crippen LogP contribution in [0.3, 0.4) is 0 Å². The second-order valence-electron chi connectivity index (χ2n) is 5.81. The third-order valence-corrected chi connectivity index (χ3v) is 5.41. The van der Waals surface area contributed by atoms with Gasteiger partial charge < -0.3 is 9.88 Å². The Labute approximate surface area is 131 Å². The van der Waals surface area contributed by atoms with Crippen molar-refractivity contribution < 1.29 is 0 Å². The van der Waals surface area contributed by atoms with Crippen molar-refractivity contribution in [3.63, 3.8) is 0 Å². The number of thiophene rings is 1. The lowest BCUT2D eigenvalue weighted by Gasteiger charge is -2.31. The van der Waals surface area contributed by atoms with E-state index in [9.17, 15) is 0 Å². The number of likely N-dealkylation sites (N-methyl/N-ethyl adjacent to an activating group) is 1. The first kappa shape index (κ1) is 14.8. The molecule has 114 valence electrons. The van der Waals surface area contributed by atoms with Crippen molar-refractivity contribution in [2.24, 2.45) is 0 Å². The van der Waals surface area contributed by atoms with Crippen LogP contribution in [0.2, 0.25) is 0 Å². The van der Waals surface area contributed by atoms with Gasteiger partial charge in [0.25, 0.3) is 0 Å². The van der Waals surface area contributed by atoms with Crippen molar-refractivity contribution >= 4 is 11.3 Å². The van der Waals surface area contributed by atoms with Crippen LogP contribution < -0.4 is 5.32 Å². The normalized spacial score (nSPS) is 19.4. The van der Waals surface area contributed by atoms with Crippen molar-refractivity contribution in [2.75, 3.05) is 6.54 Å². The molecule has 0 saturated carbocycles. The summed E-state index contributed by atoms with van der Waals surface area (Å²) in [6.45, 7) is 6.46. The first-order valence-electron chi connectivity index (χ1n) is 8.15. The lowest BCUT2D eigenvalue weighted by atomic mass is 9.82. The third-order valence-electron chi connectivity index (χ3n) is 4.42. The molecule has 2 unspecified atom stereocenters. The van der Waals surface area contributed by atoms with Crippen LogP contribution in [0.5, 0.6) is 0 Å². The summed E-state index contributed by atoms with van der Waals surface area (Å²) in [7, 11) is 0. The molecule has 1 N–H and O–H groups in total. The molecule has 2 atom stereocenters. The molecule has 0 radical (unpaired) electrons. The molecule has 1 aliphatic carbocycles. The zero-order chi connectivity index (χ0) is 14.7. The van der Waals surface area contributed by atoms with Gasteiger partial charge in [-0.2, -0.15) is 0 Å². The average Bonchev–Trinajstić information content (AvgIpc) is 3.13. The Morgan fingerprint density at radius 3 is 3.19 bits per heavy atom. The molecule has 2 heterocycles. The highest BCUT2D eigenvalue weighted by Crippen LogP contribution is 2.41. The van der Waals surface area contributed by atoms with E-state index in [0.29, 0.717) is 12.0 Å². The molecule has 3 nitrogen and oxygen atoms in total. The van der Waals surface area contributed by atoms with Crippen molar-refractivity contribution in [3.05, 3.63) is 40.1 Å². The van der Waals surface area contributed by atoms with Gasteiger partial charge in [0.2, 0.25) is 0 Å². The predicted molar refractivity (Wildman–Crippen MR) is 88.9 cm³/mol. The number of fused-ring (bicyclic) bond motifs is 1. The van der Waals surface area contributed by atoms with Crippen molar-refractivity contribution in [3.8, 4) is 0 Å². The Kier molecular flexibility index (Phi) is 4.76. The molecule has 0 amide bonds. The zero-order valence-corrected chi connectivity index (χ0v) is 13.8. The highest BCUT2D eigenvalue weighted by Gasteiger charge is 2.31. The Balaban J connectivity index is 1.94. The van der Waals surface area contributed by atoms with E-state index in [1.807, 2.05) is 17.5 Å². The van der Waals surface area contributed by atoms with Crippen LogP contribution in [0.15, 0.2) is 23.8 Å². The summed E-state index contributed by atoms with van der Waals surface area (Å²) in [5.74, 6) is 1.78. The molecule has 0 bridgehead atoms. The maximum Gasteiger partial charge on any atom is 0.126 e. The fourth-order valence-electron chi connectivity index (χ4n) is 3.53. The summed E-state index contributed by atoms with van der Waals surface area (Å²) in [6, 6.07) is 2.67. The maximum atomic E-state index is 4.69. The standard InChI is InChI=1S/C17H25N3S/c1-3-10-20-11-9-19-17(20)16(18-4-2)14-6-5-7-15-13(14)8-12-21-15/h8-9,11-12,14,16,18H,3-7,10H2,1-2H3. The van der Waals surface area contributed by atoms with E-state index < -0.39 is 0 Å². The lowest BCUT2D eigenvalue weighted by Crippen LogP contribution is -2.31. The fourth-order valence-corrected chi connectivity index (χ4v) is 4.53. The quantitative estimate of drug-likeness (QED) is 0.869.